The molecule has 4 N–H and O–H groups in total. The van der Waals surface area contributed by atoms with Crippen LogP contribution in [0.3, 0.4) is 0 Å². The maximum atomic E-state index is 9.83. The number of hydrazone groups is 1. The van der Waals surface area contributed by atoms with Crippen molar-refractivity contribution < 1.29 is 14.6 Å². The van der Waals surface area contributed by atoms with E-state index in [2.05, 4.69) is 25.4 Å². The molecule has 1 aliphatic rings. The van der Waals surface area contributed by atoms with Gasteiger partial charge < -0.3 is 20.3 Å². The van der Waals surface area contributed by atoms with Crippen molar-refractivity contribution in [2.75, 3.05) is 50.6 Å². The molecule has 3 rings (SSSR count). The Hall–Kier alpha value is -2.91. The van der Waals surface area contributed by atoms with Crippen molar-refractivity contribution >= 4 is 17.9 Å². The fraction of sp³-hybridized carbons (Fsp3) is 0.389. The molecule has 27 heavy (non-hydrogen) atoms. The molecule has 0 aliphatic carbocycles. The van der Waals surface area contributed by atoms with Gasteiger partial charge in [0.2, 0.25) is 0 Å². The highest BCUT2D eigenvalue weighted by Gasteiger charge is 2.10. The van der Waals surface area contributed by atoms with Crippen molar-refractivity contribution in [3.8, 4) is 11.8 Å². The smallest absolute Gasteiger partial charge is 0.320 e. The number of benzene rings is 1. The zero-order valence-electron chi connectivity index (χ0n) is 15.3. The molecule has 1 aromatic heterocycles. The van der Waals surface area contributed by atoms with Crippen LogP contribution in [0.25, 0.3) is 0 Å². The first-order valence-electron chi connectivity index (χ1n) is 8.76. The van der Waals surface area contributed by atoms with Gasteiger partial charge in [0, 0.05) is 31.3 Å². The molecule has 2 heterocycles. The second-order valence-corrected chi connectivity index (χ2v) is 6.20. The van der Waals surface area contributed by atoms with Gasteiger partial charge in [0.05, 0.1) is 19.4 Å². The van der Waals surface area contributed by atoms with E-state index in [1.807, 2.05) is 19.1 Å². The van der Waals surface area contributed by atoms with Crippen LogP contribution < -0.4 is 15.9 Å². The molecule has 1 saturated heterocycles. The number of morpholine rings is 1. The Morgan fingerprint density at radius 3 is 2.96 bits per heavy atom. The molecule has 0 amide bonds. The lowest BCUT2D eigenvalue weighted by Crippen LogP contribution is -2.38. The van der Waals surface area contributed by atoms with Crippen LogP contribution in [-0.2, 0) is 4.74 Å². The first-order chi connectivity index (χ1) is 13.1. The fourth-order valence-electron chi connectivity index (χ4n) is 2.60. The second kappa shape index (κ2) is 9.15. The zero-order valence-corrected chi connectivity index (χ0v) is 15.3. The van der Waals surface area contributed by atoms with Gasteiger partial charge in [0.25, 0.3) is 0 Å². The Labute approximate surface area is 157 Å². The van der Waals surface area contributed by atoms with Crippen LogP contribution in [0.2, 0.25) is 0 Å². The highest BCUT2D eigenvalue weighted by Crippen LogP contribution is 2.17. The third-order valence-corrected chi connectivity index (χ3v) is 4.03. The van der Waals surface area contributed by atoms with E-state index in [-0.39, 0.29) is 17.6 Å². The quantitative estimate of drug-likeness (QED) is 0.491. The number of nitrogens with one attached hydrogen (secondary N) is 1. The molecule has 9 heteroatoms. The van der Waals surface area contributed by atoms with Crippen molar-refractivity contribution in [2.45, 2.75) is 6.92 Å². The zero-order chi connectivity index (χ0) is 19.1. The van der Waals surface area contributed by atoms with E-state index < -0.39 is 0 Å². The van der Waals surface area contributed by atoms with Crippen LogP contribution in [0, 0.1) is 6.92 Å². The van der Waals surface area contributed by atoms with Crippen molar-refractivity contribution in [3.05, 3.63) is 35.4 Å². The van der Waals surface area contributed by atoms with Crippen molar-refractivity contribution in [3.63, 3.8) is 0 Å². The molecule has 0 radical (unpaired) electrons. The van der Waals surface area contributed by atoms with Gasteiger partial charge in [0.15, 0.2) is 5.82 Å². The number of aromatic hydroxyl groups is 1. The number of ether oxygens (including phenoxy) is 2. The van der Waals surface area contributed by atoms with Crippen LogP contribution in [0.1, 0.15) is 11.1 Å². The molecule has 2 aromatic rings. The number of aryl methyl sites for hydroxylation is 1. The Bertz CT molecular complexity index is 793. The Balaban J connectivity index is 1.56. The molecule has 0 spiro atoms. The standard InChI is InChI=1S/C18H24N6O3/c1-13-2-3-15(25)14(10-13)12-20-23-17-11-16(19)21-18(22-17)27-9-6-24-4-7-26-8-5-24/h2-3,10-12,25H,4-9H2,1H3,(H3,19,21,22,23)/b20-12-. The molecule has 144 valence electrons. The summed E-state index contributed by atoms with van der Waals surface area (Å²) < 4.78 is 10.9. The summed E-state index contributed by atoms with van der Waals surface area (Å²) in [6, 6.07) is 7.03. The topological polar surface area (TPSA) is 118 Å². The molecule has 0 atom stereocenters. The summed E-state index contributed by atoms with van der Waals surface area (Å²) in [4.78, 5) is 10.6. The summed E-state index contributed by atoms with van der Waals surface area (Å²) in [6.07, 6.45) is 1.51. The molecule has 0 saturated carbocycles. The number of phenolic OH excluding ortho intramolecular Hbond substituents is 1. The van der Waals surface area contributed by atoms with Crippen LogP contribution in [0.5, 0.6) is 11.8 Å². The van der Waals surface area contributed by atoms with E-state index in [4.69, 9.17) is 15.2 Å². The van der Waals surface area contributed by atoms with E-state index >= 15 is 0 Å². The number of hydrogen-bond acceptors (Lipinski definition) is 9. The van der Waals surface area contributed by atoms with Gasteiger partial charge in [-0.15, -0.1) is 0 Å². The minimum Gasteiger partial charge on any atom is -0.507 e. The lowest BCUT2D eigenvalue weighted by molar-refractivity contribution is 0.0317. The maximum absolute atomic E-state index is 9.83. The summed E-state index contributed by atoms with van der Waals surface area (Å²) in [5, 5.41) is 13.9. The monoisotopic (exact) mass is 372 g/mol. The predicted octanol–water partition coefficient (Wildman–Crippen LogP) is 1.23. The van der Waals surface area contributed by atoms with Crippen LogP contribution in [0.15, 0.2) is 29.4 Å². The third-order valence-electron chi connectivity index (χ3n) is 4.03. The van der Waals surface area contributed by atoms with Gasteiger partial charge in [-0.1, -0.05) is 11.6 Å². The summed E-state index contributed by atoms with van der Waals surface area (Å²) >= 11 is 0. The van der Waals surface area contributed by atoms with Crippen LogP contribution in [0.4, 0.5) is 11.6 Å². The predicted molar refractivity (Wildman–Crippen MR) is 103 cm³/mol. The number of nitrogens with zero attached hydrogens (tertiary/aromatic N) is 4. The number of hydrogen-bond donors (Lipinski definition) is 3. The Morgan fingerprint density at radius 1 is 1.33 bits per heavy atom. The Morgan fingerprint density at radius 2 is 2.15 bits per heavy atom. The number of nitrogen functional groups attached to an aromatic ring is 1. The average Bonchev–Trinajstić information content (AvgIpc) is 2.65. The van der Waals surface area contributed by atoms with Gasteiger partial charge in [0.1, 0.15) is 18.2 Å². The molecule has 1 fully saturated rings. The van der Waals surface area contributed by atoms with E-state index in [1.54, 1.807) is 12.1 Å². The first kappa shape index (κ1) is 18.9. The lowest BCUT2D eigenvalue weighted by Gasteiger charge is -2.26. The largest absolute Gasteiger partial charge is 0.507 e. The maximum Gasteiger partial charge on any atom is 0.320 e. The van der Waals surface area contributed by atoms with Gasteiger partial charge in [-0.25, -0.2) is 0 Å². The van der Waals surface area contributed by atoms with E-state index in [1.165, 1.54) is 6.21 Å². The van der Waals surface area contributed by atoms with Crippen LogP contribution in [-0.4, -0.2) is 65.6 Å². The normalized spacial score (nSPS) is 15.1. The number of phenols is 1. The minimum atomic E-state index is 0.153. The number of aromatic nitrogens is 2. The minimum absolute atomic E-state index is 0.153. The average molecular weight is 372 g/mol. The molecule has 9 nitrogen and oxygen atoms in total. The van der Waals surface area contributed by atoms with Gasteiger partial charge >= 0.3 is 6.01 Å². The first-order valence-corrected chi connectivity index (χ1v) is 8.76. The molecule has 0 bridgehead atoms. The summed E-state index contributed by atoms with van der Waals surface area (Å²) in [5.74, 6) is 0.843. The lowest BCUT2D eigenvalue weighted by atomic mass is 10.1. The summed E-state index contributed by atoms with van der Waals surface area (Å²) in [7, 11) is 0. The molecule has 1 aliphatic heterocycles. The molecule has 0 unspecified atom stereocenters. The SMILES string of the molecule is Cc1ccc(O)c(/C=N\Nc2cc(N)nc(OCCN3CCOCC3)n2)c1. The van der Waals surface area contributed by atoms with Crippen LogP contribution >= 0.6 is 0 Å². The fourth-order valence-corrected chi connectivity index (χ4v) is 2.60. The number of nitrogens with two attached hydrogens (primary N) is 1. The van der Waals surface area contributed by atoms with Gasteiger partial charge in [-0.3, -0.25) is 10.3 Å². The molecular weight excluding hydrogens is 348 g/mol. The second-order valence-electron chi connectivity index (χ2n) is 6.20. The summed E-state index contributed by atoms with van der Waals surface area (Å²) in [6.45, 7) is 6.46. The van der Waals surface area contributed by atoms with E-state index in [0.29, 0.717) is 18.0 Å². The third kappa shape index (κ3) is 5.80. The van der Waals surface area contributed by atoms with E-state index in [9.17, 15) is 5.11 Å². The molecule has 1 aromatic carbocycles. The number of rotatable bonds is 7. The molecular formula is C18H24N6O3. The van der Waals surface area contributed by atoms with Gasteiger partial charge in [-0.2, -0.15) is 15.1 Å². The van der Waals surface area contributed by atoms with Gasteiger partial charge in [-0.05, 0) is 19.1 Å². The summed E-state index contributed by atoms with van der Waals surface area (Å²) in [5.41, 5.74) is 10.2. The van der Waals surface area contributed by atoms with Crippen molar-refractivity contribution in [1.29, 1.82) is 0 Å². The van der Waals surface area contributed by atoms with Crippen molar-refractivity contribution in [2.24, 2.45) is 5.10 Å². The van der Waals surface area contributed by atoms with E-state index in [0.717, 1.165) is 38.4 Å². The Kier molecular flexibility index (Phi) is 6.39. The number of anilines is 2. The highest BCUT2D eigenvalue weighted by molar-refractivity contribution is 5.84. The van der Waals surface area contributed by atoms with Crippen molar-refractivity contribution in [1.82, 2.24) is 14.9 Å². The highest BCUT2D eigenvalue weighted by atomic mass is 16.5.